The van der Waals surface area contributed by atoms with Crippen molar-refractivity contribution in [1.82, 2.24) is 0 Å². The molecular weight excluding hydrogens is 489 g/mol. The van der Waals surface area contributed by atoms with E-state index in [1.54, 1.807) is 0 Å². The first-order valence-electron chi connectivity index (χ1n) is 9.98. The number of benzene rings is 3. The van der Waals surface area contributed by atoms with Gasteiger partial charge in [-0.3, -0.25) is 24.6 Å². The van der Waals surface area contributed by atoms with Crippen LogP contribution in [0.5, 0.6) is 0 Å². The predicted octanol–water partition coefficient (Wildman–Crippen LogP) is 5.89. The van der Waals surface area contributed by atoms with Gasteiger partial charge in [-0.25, -0.2) is 0 Å². The Morgan fingerprint density at radius 2 is 1.66 bits per heavy atom. The van der Waals surface area contributed by atoms with Gasteiger partial charge in [0, 0.05) is 22.3 Å². The highest BCUT2D eigenvalue weighted by atomic mass is 35.5. The number of amides is 1. The van der Waals surface area contributed by atoms with E-state index >= 15 is 0 Å². The van der Waals surface area contributed by atoms with Crippen molar-refractivity contribution in [1.29, 1.82) is 0 Å². The Hall–Kier alpha value is -4.18. The molecule has 0 aromatic heterocycles. The van der Waals surface area contributed by atoms with Crippen molar-refractivity contribution in [3.63, 3.8) is 0 Å². The molecule has 178 valence electrons. The van der Waals surface area contributed by atoms with Gasteiger partial charge in [-0.1, -0.05) is 29.8 Å². The summed E-state index contributed by atoms with van der Waals surface area (Å²) in [5, 5.41) is 23.0. The fourth-order valence-electron chi connectivity index (χ4n) is 3.87. The maximum Gasteiger partial charge on any atom is 0.416 e. The molecular formula is C24H14ClF3N2O5. The van der Waals surface area contributed by atoms with Gasteiger partial charge in [0.1, 0.15) is 11.8 Å². The van der Waals surface area contributed by atoms with Crippen LogP contribution in [0.2, 0.25) is 5.02 Å². The Morgan fingerprint density at radius 3 is 2.29 bits per heavy atom. The van der Waals surface area contributed by atoms with Crippen LogP contribution in [0.1, 0.15) is 22.7 Å². The lowest BCUT2D eigenvalue weighted by molar-refractivity contribution is -0.385. The minimum absolute atomic E-state index is 0.0834. The second-order valence-electron chi connectivity index (χ2n) is 7.54. The molecule has 0 bridgehead atoms. The van der Waals surface area contributed by atoms with E-state index in [0.29, 0.717) is 11.1 Å². The first-order valence-corrected chi connectivity index (χ1v) is 10.4. The summed E-state index contributed by atoms with van der Waals surface area (Å²) in [6.07, 6.45) is -4.75. The van der Waals surface area contributed by atoms with Crippen LogP contribution in [0.15, 0.2) is 78.4 Å². The van der Waals surface area contributed by atoms with Gasteiger partial charge in [0.2, 0.25) is 0 Å². The summed E-state index contributed by atoms with van der Waals surface area (Å²) in [5.41, 5.74) is -2.48. The average molecular weight is 503 g/mol. The molecule has 1 fully saturated rings. The van der Waals surface area contributed by atoms with Crippen molar-refractivity contribution in [3.8, 4) is 0 Å². The summed E-state index contributed by atoms with van der Waals surface area (Å²) < 4.78 is 40.1. The van der Waals surface area contributed by atoms with Crippen LogP contribution < -0.4 is 4.90 Å². The van der Waals surface area contributed by atoms with E-state index in [4.69, 9.17) is 11.6 Å². The van der Waals surface area contributed by atoms with Crippen molar-refractivity contribution in [2.24, 2.45) is 0 Å². The van der Waals surface area contributed by atoms with E-state index in [1.807, 2.05) is 0 Å². The number of aliphatic hydroxyl groups is 1. The minimum atomic E-state index is -4.75. The number of nitrogens with zero attached hydrogens (tertiary/aromatic N) is 2. The Labute approximate surface area is 200 Å². The van der Waals surface area contributed by atoms with Crippen LogP contribution >= 0.6 is 11.6 Å². The largest absolute Gasteiger partial charge is 0.507 e. The molecule has 1 aliphatic heterocycles. The molecule has 4 rings (SSSR count). The Kier molecular flexibility index (Phi) is 6.08. The number of rotatable bonds is 4. The first kappa shape index (κ1) is 24.0. The summed E-state index contributed by atoms with van der Waals surface area (Å²) >= 11 is 5.87. The number of aliphatic hydroxyl groups excluding tert-OH is 1. The highest BCUT2D eigenvalue weighted by Crippen LogP contribution is 2.45. The van der Waals surface area contributed by atoms with Gasteiger partial charge < -0.3 is 5.11 Å². The summed E-state index contributed by atoms with van der Waals surface area (Å²) in [6.45, 7) is 0. The maximum atomic E-state index is 13.4. The number of hydrogen-bond acceptors (Lipinski definition) is 5. The van der Waals surface area contributed by atoms with Crippen molar-refractivity contribution in [3.05, 3.63) is 110 Å². The summed E-state index contributed by atoms with van der Waals surface area (Å²) in [7, 11) is 0. The standard InChI is InChI=1S/C24H14ClF3N2O5/c25-15-10-8-13(9-11-15)21(31)19-20(17-6-1-2-7-18(17)30(34)35)29(23(33)22(19)32)16-5-3-4-14(12-16)24(26,27)28/h1-12,20,31H/t20-/m0/s1. The summed E-state index contributed by atoms with van der Waals surface area (Å²) in [4.78, 5) is 37.9. The molecule has 7 nitrogen and oxygen atoms in total. The lowest BCUT2D eigenvalue weighted by Gasteiger charge is -2.25. The molecule has 0 aliphatic carbocycles. The zero-order chi connectivity index (χ0) is 25.5. The van der Waals surface area contributed by atoms with E-state index < -0.39 is 51.4 Å². The van der Waals surface area contributed by atoms with Crippen LogP contribution in [0.25, 0.3) is 5.76 Å². The topological polar surface area (TPSA) is 101 Å². The van der Waals surface area contributed by atoms with Gasteiger partial charge in [-0.05, 0) is 48.5 Å². The molecule has 3 aromatic rings. The molecule has 3 aromatic carbocycles. The van der Waals surface area contributed by atoms with E-state index in [-0.39, 0.29) is 16.8 Å². The highest BCUT2D eigenvalue weighted by Gasteiger charge is 2.49. The van der Waals surface area contributed by atoms with E-state index in [0.717, 1.165) is 23.1 Å². The quantitative estimate of drug-likeness (QED) is 0.157. The highest BCUT2D eigenvalue weighted by molar-refractivity contribution is 6.51. The normalized spacial score (nSPS) is 17.6. The number of nitro benzene ring substituents is 1. The minimum Gasteiger partial charge on any atom is -0.507 e. The molecule has 0 spiro atoms. The maximum absolute atomic E-state index is 13.4. The molecule has 1 saturated heterocycles. The lowest BCUT2D eigenvalue weighted by Crippen LogP contribution is -2.30. The smallest absolute Gasteiger partial charge is 0.416 e. The third kappa shape index (κ3) is 4.35. The number of anilines is 1. The van der Waals surface area contributed by atoms with Crippen LogP contribution in [0, 0.1) is 10.1 Å². The van der Waals surface area contributed by atoms with Crippen molar-refractivity contribution in [2.75, 3.05) is 4.90 Å². The number of ketones is 1. The summed E-state index contributed by atoms with van der Waals surface area (Å²) in [5.74, 6) is -3.11. The average Bonchev–Trinajstić information content (AvgIpc) is 3.09. The van der Waals surface area contributed by atoms with E-state index in [1.165, 1.54) is 48.5 Å². The van der Waals surface area contributed by atoms with Gasteiger partial charge >= 0.3 is 6.18 Å². The molecule has 1 N–H and O–H groups in total. The zero-order valence-electron chi connectivity index (χ0n) is 17.5. The van der Waals surface area contributed by atoms with Crippen LogP contribution in [-0.2, 0) is 15.8 Å². The lowest BCUT2D eigenvalue weighted by atomic mass is 9.94. The first-order chi connectivity index (χ1) is 16.5. The van der Waals surface area contributed by atoms with Gasteiger partial charge in [0.25, 0.3) is 17.4 Å². The van der Waals surface area contributed by atoms with Crippen LogP contribution in [0.4, 0.5) is 24.5 Å². The van der Waals surface area contributed by atoms with Crippen LogP contribution in [-0.4, -0.2) is 21.7 Å². The summed E-state index contributed by atoms with van der Waals surface area (Å²) in [6, 6.07) is 12.8. The van der Waals surface area contributed by atoms with Gasteiger partial charge in [0.05, 0.1) is 21.6 Å². The number of nitro groups is 1. The molecule has 0 saturated carbocycles. The fourth-order valence-corrected chi connectivity index (χ4v) is 4.00. The number of carbonyl (C=O) groups excluding carboxylic acids is 2. The Morgan fingerprint density at radius 1 is 1.00 bits per heavy atom. The van der Waals surface area contributed by atoms with Gasteiger partial charge in [-0.2, -0.15) is 13.2 Å². The molecule has 1 atom stereocenters. The van der Waals surface area contributed by atoms with Crippen molar-refractivity contribution in [2.45, 2.75) is 12.2 Å². The SMILES string of the molecule is O=C1C(=O)N(c2cccc(C(F)(F)F)c2)[C@@H](c2ccccc2[N+](=O)[O-])C1=C(O)c1ccc(Cl)cc1. The number of para-hydroxylation sites is 1. The van der Waals surface area contributed by atoms with E-state index in [2.05, 4.69) is 0 Å². The number of hydrogen-bond donors (Lipinski definition) is 1. The molecule has 1 heterocycles. The number of alkyl halides is 3. The molecule has 35 heavy (non-hydrogen) atoms. The Bertz CT molecular complexity index is 1390. The van der Waals surface area contributed by atoms with E-state index in [9.17, 15) is 38.0 Å². The molecule has 1 aliphatic rings. The molecule has 11 heteroatoms. The van der Waals surface area contributed by atoms with Crippen LogP contribution in [0.3, 0.4) is 0 Å². The van der Waals surface area contributed by atoms with Gasteiger partial charge in [0.15, 0.2) is 0 Å². The Balaban J connectivity index is 2.01. The second-order valence-corrected chi connectivity index (χ2v) is 7.98. The van der Waals surface area contributed by atoms with Crippen molar-refractivity contribution < 1.29 is 32.8 Å². The zero-order valence-corrected chi connectivity index (χ0v) is 18.2. The molecule has 0 unspecified atom stereocenters. The number of Topliss-reactive ketones (excluding diaryl/α,β-unsaturated/α-hetero) is 1. The second kappa shape index (κ2) is 8.88. The number of halogens is 4. The predicted molar refractivity (Wildman–Crippen MR) is 121 cm³/mol. The third-order valence-electron chi connectivity index (χ3n) is 5.44. The molecule has 1 amide bonds. The van der Waals surface area contributed by atoms with Gasteiger partial charge in [-0.15, -0.1) is 0 Å². The molecule has 0 radical (unpaired) electrons. The van der Waals surface area contributed by atoms with Crippen molar-refractivity contribution >= 4 is 40.4 Å². The fraction of sp³-hybridized carbons (Fsp3) is 0.0833. The number of carbonyl (C=O) groups is 2. The third-order valence-corrected chi connectivity index (χ3v) is 5.69. The monoisotopic (exact) mass is 502 g/mol.